The molecule has 1 atom stereocenters. The third-order valence-corrected chi connectivity index (χ3v) is 8.45. The van der Waals surface area contributed by atoms with E-state index in [4.69, 9.17) is 10.5 Å². The highest BCUT2D eigenvalue weighted by Crippen LogP contribution is 2.35. The topological polar surface area (TPSA) is 99.6 Å². The van der Waals surface area contributed by atoms with Crippen LogP contribution in [0.15, 0.2) is 76.3 Å². The van der Waals surface area contributed by atoms with Gasteiger partial charge in [0.2, 0.25) is 5.91 Å². The highest BCUT2D eigenvalue weighted by atomic mass is 19.4. The molecular formula is C34H33F5N4O4. The van der Waals surface area contributed by atoms with E-state index in [0.29, 0.717) is 37.6 Å². The Morgan fingerprint density at radius 3 is 2.26 bits per heavy atom. The summed E-state index contributed by atoms with van der Waals surface area (Å²) >= 11 is 0. The number of hydrogen-bond acceptors (Lipinski definition) is 5. The summed E-state index contributed by atoms with van der Waals surface area (Å²) in [6, 6.07) is 14.2. The van der Waals surface area contributed by atoms with Gasteiger partial charge in [-0.15, -0.1) is 0 Å². The van der Waals surface area contributed by atoms with E-state index in [1.54, 1.807) is 35.2 Å². The summed E-state index contributed by atoms with van der Waals surface area (Å²) in [5, 5.41) is 0. The van der Waals surface area contributed by atoms with Crippen LogP contribution in [0.25, 0.3) is 11.1 Å². The Balaban J connectivity index is 1.64. The standard InChI is InChI=1S/C34H33F5N4O4/c1-20-30(24-10-6-13-29(31(24)36)47-23-14-16-41(17-15-23)21(2)44)32(45)43(19-28(40)22-8-4-3-5-9-22)33(46)42(20)18-25-26(34(37,38)39)11-7-12-27(25)35/h3-13,23,28H,14-19,40H2,1-2H3/t28-/m0/s1. The van der Waals surface area contributed by atoms with Crippen LogP contribution in [0.1, 0.15) is 48.2 Å². The maximum Gasteiger partial charge on any atom is 0.416 e. The molecule has 0 spiro atoms. The molecule has 1 aliphatic rings. The zero-order chi connectivity index (χ0) is 34.0. The summed E-state index contributed by atoms with van der Waals surface area (Å²) in [6.45, 7) is 2.30. The van der Waals surface area contributed by atoms with Gasteiger partial charge >= 0.3 is 11.9 Å². The molecule has 2 heterocycles. The van der Waals surface area contributed by atoms with Crippen molar-refractivity contribution in [2.24, 2.45) is 5.73 Å². The summed E-state index contributed by atoms with van der Waals surface area (Å²) in [5.41, 5.74) is 2.10. The summed E-state index contributed by atoms with van der Waals surface area (Å²) in [7, 11) is 0. The van der Waals surface area contributed by atoms with Crippen LogP contribution < -0.4 is 21.7 Å². The maximum atomic E-state index is 16.2. The second-order valence-corrected chi connectivity index (χ2v) is 11.5. The first-order chi connectivity index (χ1) is 22.3. The number of aromatic nitrogens is 2. The number of hydrogen-bond donors (Lipinski definition) is 1. The number of nitrogens with two attached hydrogens (primary N) is 1. The Hall–Kier alpha value is -4.78. The van der Waals surface area contributed by atoms with Crippen LogP contribution in [-0.4, -0.2) is 39.1 Å². The molecule has 248 valence electrons. The number of carbonyl (C=O) groups excluding carboxylic acids is 1. The van der Waals surface area contributed by atoms with Crippen molar-refractivity contribution in [1.82, 2.24) is 14.0 Å². The second-order valence-electron chi connectivity index (χ2n) is 11.5. The van der Waals surface area contributed by atoms with Gasteiger partial charge in [0.25, 0.3) is 5.56 Å². The molecule has 3 aromatic carbocycles. The average molecular weight is 657 g/mol. The Labute approximate surface area is 266 Å². The van der Waals surface area contributed by atoms with E-state index < -0.39 is 65.4 Å². The first-order valence-corrected chi connectivity index (χ1v) is 15.0. The van der Waals surface area contributed by atoms with Crippen LogP contribution in [0.4, 0.5) is 22.0 Å². The van der Waals surface area contributed by atoms with Crippen LogP contribution in [0.3, 0.4) is 0 Å². The van der Waals surface area contributed by atoms with Crippen molar-refractivity contribution >= 4 is 5.91 Å². The number of alkyl halides is 3. The Bertz CT molecular complexity index is 1900. The number of likely N-dealkylation sites (tertiary alicyclic amines) is 1. The van der Waals surface area contributed by atoms with Crippen LogP contribution in [0.2, 0.25) is 0 Å². The molecule has 13 heteroatoms. The number of amides is 1. The monoisotopic (exact) mass is 656 g/mol. The third-order valence-electron chi connectivity index (χ3n) is 8.45. The molecule has 1 aliphatic heterocycles. The molecule has 4 aromatic rings. The molecule has 0 aliphatic carbocycles. The van der Waals surface area contributed by atoms with Crippen LogP contribution in [-0.2, 0) is 24.1 Å². The van der Waals surface area contributed by atoms with E-state index in [-0.39, 0.29) is 28.5 Å². The SMILES string of the molecule is CC(=O)N1CCC(Oc2cccc(-c3c(C)n(Cc4c(F)cccc4C(F)(F)F)c(=O)n(C[C@H](N)c4ccccc4)c3=O)c2F)CC1. The smallest absolute Gasteiger partial charge is 0.416 e. The maximum absolute atomic E-state index is 16.2. The molecule has 1 fully saturated rings. The van der Waals surface area contributed by atoms with Gasteiger partial charge in [0.15, 0.2) is 11.6 Å². The molecule has 47 heavy (non-hydrogen) atoms. The van der Waals surface area contributed by atoms with Crippen LogP contribution >= 0.6 is 0 Å². The van der Waals surface area contributed by atoms with Gasteiger partial charge in [0.1, 0.15) is 11.9 Å². The molecule has 8 nitrogen and oxygen atoms in total. The molecule has 1 saturated heterocycles. The number of piperidine rings is 1. The van der Waals surface area contributed by atoms with E-state index in [9.17, 15) is 31.9 Å². The minimum Gasteiger partial charge on any atom is -0.487 e. The highest BCUT2D eigenvalue weighted by Gasteiger charge is 2.35. The predicted octanol–water partition coefficient (Wildman–Crippen LogP) is 5.42. The van der Waals surface area contributed by atoms with Gasteiger partial charge in [-0.05, 0) is 30.7 Å². The molecule has 2 N–H and O–H groups in total. The number of nitrogens with zero attached hydrogens (tertiary/aromatic N) is 3. The third kappa shape index (κ3) is 6.99. The fourth-order valence-corrected chi connectivity index (χ4v) is 5.87. The Morgan fingerprint density at radius 2 is 1.62 bits per heavy atom. The fraction of sp³-hybridized carbons (Fsp3) is 0.324. The zero-order valence-electron chi connectivity index (χ0n) is 25.7. The fourth-order valence-electron chi connectivity index (χ4n) is 5.87. The van der Waals surface area contributed by atoms with Gasteiger partial charge in [-0.25, -0.2) is 13.6 Å². The second kappa shape index (κ2) is 13.5. The lowest BCUT2D eigenvalue weighted by Gasteiger charge is -2.31. The van der Waals surface area contributed by atoms with E-state index in [0.717, 1.165) is 21.3 Å². The van der Waals surface area contributed by atoms with Crippen molar-refractivity contribution in [2.45, 2.75) is 58.1 Å². The average Bonchev–Trinajstić information content (AvgIpc) is 3.03. The molecule has 0 radical (unpaired) electrons. The minimum absolute atomic E-state index is 0.0803. The number of halogens is 5. The van der Waals surface area contributed by atoms with Crippen molar-refractivity contribution in [1.29, 1.82) is 0 Å². The molecule has 0 unspecified atom stereocenters. The van der Waals surface area contributed by atoms with E-state index >= 15 is 4.39 Å². The van der Waals surface area contributed by atoms with Crippen molar-refractivity contribution in [3.8, 4) is 16.9 Å². The predicted molar refractivity (Wildman–Crippen MR) is 165 cm³/mol. The van der Waals surface area contributed by atoms with Crippen LogP contribution in [0, 0.1) is 18.6 Å². The van der Waals surface area contributed by atoms with E-state index in [2.05, 4.69) is 0 Å². The number of benzene rings is 3. The van der Waals surface area contributed by atoms with Gasteiger partial charge < -0.3 is 15.4 Å². The lowest BCUT2D eigenvalue weighted by Crippen LogP contribution is -2.44. The van der Waals surface area contributed by atoms with Gasteiger partial charge in [-0.2, -0.15) is 13.2 Å². The minimum atomic E-state index is -4.94. The lowest BCUT2D eigenvalue weighted by molar-refractivity contribution is -0.138. The molecule has 0 saturated carbocycles. The van der Waals surface area contributed by atoms with Gasteiger partial charge in [0.05, 0.1) is 24.2 Å². The van der Waals surface area contributed by atoms with E-state index in [1.807, 2.05) is 0 Å². The summed E-state index contributed by atoms with van der Waals surface area (Å²) in [6.07, 6.45) is -4.48. The first kappa shape index (κ1) is 33.6. The van der Waals surface area contributed by atoms with Crippen molar-refractivity contribution in [3.63, 3.8) is 0 Å². The Morgan fingerprint density at radius 1 is 0.957 bits per heavy atom. The van der Waals surface area contributed by atoms with Crippen molar-refractivity contribution in [3.05, 3.63) is 122 Å². The van der Waals surface area contributed by atoms with Gasteiger partial charge in [0, 0.05) is 55.7 Å². The largest absolute Gasteiger partial charge is 0.487 e. The molecule has 0 bridgehead atoms. The quantitative estimate of drug-likeness (QED) is 0.256. The summed E-state index contributed by atoms with van der Waals surface area (Å²) in [4.78, 5) is 41.2. The molecule has 5 rings (SSSR count). The number of ether oxygens (including phenoxy) is 1. The van der Waals surface area contributed by atoms with Gasteiger partial charge in [-0.1, -0.05) is 48.5 Å². The normalized spacial score (nSPS) is 14.7. The molecule has 1 amide bonds. The van der Waals surface area contributed by atoms with Crippen molar-refractivity contribution < 1.29 is 31.5 Å². The summed E-state index contributed by atoms with van der Waals surface area (Å²) in [5.74, 6) is -2.39. The van der Waals surface area contributed by atoms with E-state index in [1.165, 1.54) is 32.0 Å². The summed E-state index contributed by atoms with van der Waals surface area (Å²) < 4.78 is 80.5. The number of carbonyl (C=O) groups is 1. The molecule has 1 aromatic heterocycles. The zero-order valence-corrected chi connectivity index (χ0v) is 25.7. The highest BCUT2D eigenvalue weighted by molar-refractivity contribution is 5.73. The molecular weight excluding hydrogens is 623 g/mol. The number of rotatable bonds is 8. The lowest BCUT2D eigenvalue weighted by atomic mass is 10.0. The van der Waals surface area contributed by atoms with Gasteiger partial charge in [-0.3, -0.25) is 18.7 Å². The Kier molecular flexibility index (Phi) is 9.66. The van der Waals surface area contributed by atoms with Crippen molar-refractivity contribution in [2.75, 3.05) is 13.1 Å². The first-order valence-electron chi connectivity index (χ1n) is 15.0. The van der Waals surface area contributed by atoms with Crippen LogP contribution in [0.5, 0.6) is 5.75 Å².